The van der Waals surface area contributed by atoms with E-state index in [4.69, 9.17) is 10.2 Å². The third kappa shape index (κ3) is 3.01. The molecule has 94 valence electrons. The number of nitrogens with one attached hydrogen (secondary N) is 1. The van der Waals surface area contributed by atoms with Crippen molar-refractivity contribution in [2.45, 2.75) is 19.9 Å². The fraction of sp³-hybridized carbons (Fsp3) is 0.700. The number of likely N-dealkylation sites (tertiary alicyclic amines) is 1. The molecule has 0 spiro atoms. The number of anilines is 1. The molecule has 0 bridgehead atoms. The Morgan fingerprint density at radius 2 is 2.35 bits per heavy atom. The minimum atomic E-state index is -0.157. The summed E-state index contributed by atoms with van der Waals surface area (Å²) in [7, 11) is 0. The lowest BCUT2D eigenvalue weighted by Gasteiger charge is -2.13. The summed E-state index contributed by atoms with van der Waals surface area (Å²) in [5, 5.41) is 9.89. The van der Waals surface area contributed by atoms with Crippen LogP contribution in [0, 0.1) is 12.8 Å². The van der Waals surface area contributed by atoms with Crippen molar-refractivity contribution in [3.05, 3.63) is 5.89 Å². The molecule has 2 rings (SSSR count). The number of carbonyl (C=O) groups excluding carboxylic acids is 1. The first kappa shape index (κ1) is 12.0. The Morgan fingerprint density at radius 3 is 2.88 bits per heavy atom. The molecule has 0 aromatic carbocycles. The van der Waals surface area contributed by atoms with Crippen LogP contribution >= 0.6 is 0 Å². The Morgan fingerprint density at radius 1 is 1.59 bits per heavy atom. The number of aryl methyl sites for hydroxylation is 1. The van der Waals surface area contributed by atoms with Gasteiger partial charge in [-0.15, -0.1) is 5.10 Å². The Labute approximate surface area is 99.4 Å². The van der Waals surface area contributed by atoms with E-state index in [9.17, 15) is 4.79 Å². The van der Waals surface area contributed by atoms with Crippen LogP contribution in [0.25, 0.3) is 0 Å². The summed E-state index contributed by atoms with van der Waals surface area (Å²) in [6.07, 6.45) is 0. The lowest BCUT2D eigenvalue weighted by atomic mass is 10.1. The van der Waals surface area contributed by atoms with Crippen LogP contribution in [-0.2, 0) is 4.79 Å². The van der Waals surface area contributed by atoms with E-state index in [2.05, 4.69) is 22.4 Å². The largest absolute Gasteiger partial charge is 0.408 e. The molecule has 17 heavy (non-hydrogen) atoms. The van der Waals surface area contributed by atoms with E-state index in [1.54, 1.807) is 6.92 Å². The van der Waals surface area contributed by atoms with E-state index >= 15 is 0 Å². The van der Waals surface area contributed by atoms with Crippen LogP contribution < -0.4 is 11.1 Å². The molecule has 3 N–H and O–H groups in total. The molecular weight excluding hydrogens is 222 g/mol. The first-order valence-corrected chi connectivity index (χ1v) is 5.62. The smallest absolute Gasteiger partial charge is 0.322 e. The molecule has 1 aliphatic heterocycles. The van der Waals surface area contributed by atoms with Gasteiger partial charge in [-0.1, -0.05) is 12.0 Å². The molecule has 0 aliphatic carbocycles. The molecule has 7 heteroatoms. The van der Waals surface area contributed by atoms with Crippen molar-refractivity contribution >= 4 is 11.9 Å². The number of nitrogens with zero attached hydrogens (tertiary/aromatic N) is 3. The Balaban J connectivity index is 1.82. The molecule has 1 aliphatic rings. The van der Waals surface area contributed by atoms with Gasteiger partial charge >= 0.3 is 6.01 Å². The number of amides is 1. The van der Waals surface area contributed by atoms with Crippen molar-refractivity contribution in [2.24, 2.45) is 11.7 Å². The number of hydrogen-bond donors (Lipinski definition) is 2. The first-order chi connectivity index (χ1) is 8.04. The third-order valence-corrected chi connectivity index (χ3v) is 2.89. The summed E-state index contributed by atoms with van der Waals surface area (Å²) in [6, 6.07) is 0.289. The van der Waals surface area contributed by atoms with Crippen molar-refractivity contribution in [1.29, 1.82) is 0 Å². The maximum atomic E-state index is 11.7. The molecule has 1 fully saturated rings. The van der Waals surface area contributed by atoms with Crippen molar-refractivity contribution < 1.29 is 9.21 Å². The molecular formula is C10H17N5O2. The van der Waals surface area contributed by atoms with Crippen molar-refractivity contribution in [2.75, 3.05) is 25.0 Å². The highest BCUT2D eigenvalue weighted by atomic mass is 16.4. The molecule has 1 aromatic rings. The van der Waals surface area contributed by atoms with Gasteiger partial charge in [0.1, 0.15) is 0 Å². The SMILES string of the molecule is Cc1nnc(NC(=O)CN2CC(C)C(N)C2)o1. The predicted molar refractivity (Wildman–Crippen MR) is 61.2 cm³/mol. The highest BCUT2D eigenvalue weighted by Gasteiger charge is 2.27. The van der Waals surface area contributed by atoms with Crippen LogP contribution in [0.1, 0.15) is 12.8 Å². The van der Waals surface area contributed by atoms with Crippen molar-refractivity contribution in [1.82, 2.24) is 15.1 Å². The van der Waals surface area contributed by atoms with E-state index in [-0.39, 0.29) is 18.0 Å². The summed E-state index contributed by atoms with van der Waals surface area (Å²) >= 11 is 0. The van der Waals surface area contributed by atoms with Gasteiger partial charge in [0.15, 0.2) is 0 Å². The first-order valence-electron chi connectivity index (χ1n) is 5.62. The van der Waals surface area contributed by atoms with Crippen LogP contribution in [-0.4, -0.2) is 46.7 Å². The van der Waals surface area contributed by atoms with Gasteiger partial charge in [-0.3, -0.25) is 15.0 Å². The molecule has 1 aromatic heterocycles. The summed E-state index contributed by atoms with van der Waals surface area (Å²) < 4.78 is 5.06. The van der Waals surface area contributed by atoms with Gasteiger partial charge in [-0.05, 0) is 5.92 Å². The van der Waals surface area contributed by atoms with Gasteiger partial charge in [0, 0.05) is 26.1 Å². The van der Waals surface area contributed by atoms with Crippen LogP contribution in [0.3, 0.4) is 0 Å². The van der Waals surface area contributed by atoms with E-state index in [0.29, 0.717) is 18.4 Å². The van der Waals surface area contributed by atoms with Crippen molar-refractivity contribution in [3.8, 4) is 0 Å². The number of carbonyl (C=O) groups is 1. The summed E-state index contributed by atoms with van der Waals surface area (Å²) in [4.78, 5) is 13.7. The zero-order valence-corrected chi connectivity index (χ0v) is 10.0. The number of rotatable bonds is 3. The third-order valence-electron chi connectivity index (χ3n) is 2.89. The maximum Gasteiger partial charge on any atom is 0.322 e. The monoisotopic (exact) mass is 239 g/mol. The second-order valence-corrected chi connectivity index (χ2v) is 4.51. The minimum Gasteiger partial charge on any atom is -0.408 e. The summed E-state index contributed by atoms with van der Waals surface area (Å²) in [5.41, 5.74) is 5.89. The van der Waals surface area contributed by atoms with Crippen molar-refractivity contribution in [3.63, 3.8) is 0 Å². The zero-order valence-electron chi connectivity index (χ0n) is 10.0. The fourth-order valence-corrected chi connectivity index (χ4v) is 1.93. The molecule has 1 saturated heterocycles. The van der Waals surface area contributed by atoms with Gasteiger partial charge in [-0.25, -0.2) is 0 Å². The number of nitrogens with two attached hydrogens (primary N) is 1. The van der Waals surface area contributed by atoms with Gasteiger partial charge in [0.2, 0.25) is 11.8 Å². The highest BCUT2D eigenvalue weighted by molar-refractivity contribution is 5.90. The normalized spacial score (nSPS) is 25.1. The zero-order chi connectivity index (χ0) is 12.4. The Hall–Kier alpha value is -1.47. The van der Waals surface area contributed by atoms with Gasteiger partial charge in [0.05, 0.1) is 6.54 Å². The molecule has 2 unspecified atom stereocenters. The summed E-state index contributed by atoms with van der Waals surface area (Å²) in [5.74, 6) is 0.695. The molecule has 0 saturated carbocycles. The van der Waals surface area contributed by atoms with E-state index in [1.165, 1.54) is 0 Å². The maximum absolute atomic E-state index is 11.7. The van der Waals surface area contributed by atoms with Crippen LogP contribution in [0.15, 0.2) is 4.42 Å². The van der Waals surface area contributed by atoms with E-state index in [1.807, 2.05) is 4.90 Å². The number of aromatic nitrogens is 2. The van der Waals surface area contributed by atoms with Crippen LogP contribution in [0.2, 0.25) is 0 Å². The second kappa shape index (κ2) is 4.80. The topological polar surface area (TPSA) is 97.3 Å². The quantitative estimate of drug-likeness (QED) is 0.744. The van der Waals surface area contributed by atoms with Gasteiger partial charge in [0.25, 0.3) is 0 Å². The average Bonchev–Trinajstić information content (AvgIpc) is 2.75. The fourth-order valence-electron chi connectivity index (χ4n) is 1.93. The Kier molecular flexibility index (Phi) is 3.39. The summed E-state index contributed by atoms with van der Waals surface area (Å²) in [6.45, 7) is 5.65. The second-order valence-electron chi connectivity index (χ2n) is 4.51. The van der Waals surface area contributed by atoms with Gasteiger partial charge in [-0.2, -0.15) is 0 Å². The lowest BCUT2D eigenvalue weighted by molar-refractivity contribution is -0.117. The standard InChI is InChI=1S/C10H17N5O2/c1-6-3-15(4-8(6)11)5-9(16)12-10-14-13-7(2)17-10/h6,8H,3-5,11H2,1-2H3,(H,12,14,16). The van der Waals surface area contributed by atoms with Crippen LogP contribution in [0.5, 0.6) is 0 Å². The predicted octanol–water partition coefficient (Wildman–Crippen LogP) is -0.404. The minimum absolute atomic E-state index is 0.143. The van der Waals surface area contributed by atoms with Gasteiger partial charge < -0.3 is 10.2 Å². The van der Waals surface area contributed by atoms with Crippen LogP contribution in [0.4, 0.5) is 6.01 Å². The van der Waals surface area contributed by atoms with E-state index in [0.717, 1.165) is 13.1 Å². The highest BCUT2D eigenvalue weighted by Crippen LogP contribution is 2.14. The van der Waals surface area contributed by atoms with E-state index < -0.39 is 0 Å². The molecule has 0 radical (unpaired) electrons. The molecule has 1 amide bonds. The number of hydrogen-bond acceptors (Lipinski definition) is 6. The molecule has 2 atom stereocenters. The average molecular weight is 239 g/mol. The molecule has 2 heterocycles. The molecule has 7 nitrogen and oxygen atoms in total. The lowest BCUT2D eigenvalue weighted by Crippen LogP contribution is -2.33. The Bertz CT molecular complexity index is 395.